The van der Waals surface area contributed by atoms with Crippen molar-refractivity contribution in [2.75, 3.05) is 25.5 Å². The first-order valence-corrected chi connectivity index (χ1v) is 8.17. The molecule has 1 atom stereocenters. The molecule has 0 saturated heterocycles. The van der Waals surface area contributed by atoms with Crippen LogP contribution in [0.4, 0.5) is 5.82 Å². The van der Waals surface area contributed by atoms with Gasteiger partial charge in [0.2, 0.25) is 0 Å². The summed E-state index contributed by atoms with van der Waals surface area (Å²) in [6, 6.07) is 7.81. The van der Waals surface area contributed by atoms with Gasteiger partial charge in [-0.15, -0.1) is 0 Å². The summed E-state index contributed by atoms with van der Waals surface area (Å²) in [4.78, 5) is 25.3. The molecule has 0 N–H and O–H groups in total. The molecule has 0 fully saturated rings. The molecule has 1 unspecified atom stereocenters. The Bertz CT molecular complexity index is 752. The van der Waals surface area contributed by atoms with E-state index < -0.39 is 0 Å². The standard InChI is InChI=1S/C19H22N4O/c1-4-16-6-5-11-23(16)19(24)15-9-7-14(8-10-15)17-12-20-13-18(21-17)22(2)3/h5-10,12-13,16H,4,11H2,1-3H3. The molecule has 2 aromatic rings. The Kier molecular flexibility index (Phi) is 4.60. The van der Waals surface area contributed by atoms with E-state index in [0.717, 1.165) is 23.5 Å². The number of hydrogen-bond acceptors (Lipinski definition) is 4. The minimum Gasteiger partial charge on any atom is -0.361 e. The maximum absolute atomic E-state index is 12.7. The van der Waals surface area contributed by atoms with Crippen molar-refractivity contribution in [3.8, 4) is 11.3 Å². The molecule has 1 aliphatic heterocycles. The van der Waals surface area contributed by atoms with Crippen molar-refractivity contribution in [1.82, 2.24) is 14.9 Å². The summed E-state index contributed by atoms with van der Waals surface area (Å²) in [5.41, 5.74) is 2.46. The molecule has 3 rings (SSSR count). The molecule has 1 amide bonds. The lowest BCUT2D eigenvalue weighted by molar-refractivity contribution is 0.0747. The fraction of sp³-hybridized carbons (Fsp3) is 0.316. The predicted octanol–water partition coefficient (Wildman–Crippen LogP) is 3.00. The average molecular weight is 322 g/mol. The molecule has 124 valence electrons. The molecule has 5 heteroatoms. The summed E-state index contributed by atoms with van der Waals surface area (Å²) < 4.78 is 0. The Morgan fingerprint density at radius 1 is 1.25 bits per heavy atom. The molecule has 1 aromatic heterocycles. The Balaban J connectivity index is 1.81. The third kappa shape index (κ3) is 3.15. The minimum absolute atomic E-state index is 0.0755. The van der Waals surface area contributed by atoms with Crippen molar-refractivity contribution < 1.29 is 4.79 Å². The number of carbonyl (C=O) groups excluding carboxylic acids is 1. The zero-order valence-electron chi connectivity index (χ0n) is 14.3. The lowest BCUT2D eigenvalue weighted by Crippen LogP contribution is -2.35. The van der Waals surface area contributed by atoms with E-state index >= 15 is 0 Å². The SMILES string of the molecule is CCC1C=CCN1C(=O)c1ccc(-c2cncc(N(C)C)n2)cc1. The van der Waals surface area contributed by atoms with Crippen molar-refractivity contribution >= 4 is 11.7 Å². The van der Waals surface area contributed by atoms with E-state index in [1.807, 2.05) is 48.2 Å². The molecule has 0 saturated carbocycles. The monoisotopic (exact) mass is 322 g/mol. The van der Waals surface area contributed by atoms with Gasteiger partial charge in [-0.1, -0.05) is 31.2 Å². The van der Waals surface area contributed by atoms with Gasteiger partial charge >= 0.3 is 0 Å². The molecule has 24 heavy (non-hydrogen) atoms. The average Bonchev–Trinajstić information content (AvgIpc) is 3.10. The van der Waals surface area contributed by atoms with Crippen molar-refractivity contribution in [3.63, 3.8) is 0 Å². The third-order valence-corrected chi connectivity index (χ3v) is 4.25. The van der Waals surface area contributed by atoms with Crippen LogP contribution in [-0.2, 0) is 0 Å². The zero-order valence-corrected chi connectivity index (χ0v) is 14.3. The van der Waals surface area contributed by atoms with Gasteiger partial charge in [-0.2, -0.15) is 0 Å². The summed E-state index contributed by atoms with van der Waals surface area (Å²) in [6.07, 6.45) is 8.57. The molecular weight excluding hydrogens is 300 g/mol. The van der Waals surface area contributed by atoms with Crippen LogP contribution in [0.3, 0.4) is 0 Å². The lowest BCUT2D eigenvalue weighted by Gasteiger charge is -2.23. The van der Waals surface area contributed by atoms with Gasteiger partial charge in [0.1, 0.15) is 5.82 Å². The molecule has 0 aliphatic carbocycles. The van der Waals surface area contributed by atoms with E-state index in [1.54, 1.807) is 12.4 Å². The highest BCUT2D eigenvalue weighted by Gasteiger charge is 2.24. The summed E-state index contributed by atoms with van der Waals surface area (Å²) in [5.74, 6) is 0.883. The Labute approximate surface area is 142 Å². The molecular formula is C19H22N4O. The minimum atomic E-state index is 0.0755. The van der Waals surface area contributed by atoms with Gasteiger partial charge in [0, 0.05) is 31.8 Å². The van der Waals surface area contributed by atoms with Crippen LogP contribution in [0, 0.1) is 0 Å². The van der Waals surface area contributed by atoms with Crippen LogP contribution in [0.5, 0.6) is 0 Å². The van der Waals surface area contributed by atoms with E-state index in [-0.39, 0.29) is 11.9 Å². The molecule has 5 nitrogen and oxygen atoms in total. The molecule has 0 spiro atoms. The maximum atomic E-state index is 12.7. The van der Waals surface area contributed by atoms with Crippen molar-refractivity contribution in [2.24, 2.45) is 0 Å². The van der Waals surface area contributed by atoms with E-state index in [2.05, 4.69) is 29.0 Å². The molecule has 0 bridgehead atoms. The normalized spacial score (nSPS) is 16.5. The van der Waals surface area contributed by atoms with E-state index in [0.29, 0.717) is 12.1 Å². The van der Waals surface area contributed by atoms with Crippen LogP contribution in [0.15, 0.2) is 48.8 Å². The highest BCUT2D eigenvalue weighted by Crippen LogP contribution is 2.21. The van der Waals surface area contributed by atoms with Gasteiger partial charge < -0.3 is 9.80 Å². The second kappa shape index (κ2) is 6.83. The smallest absolute Gasteiger partial charge is 0.254 e. The van der Waals surface area contributed by atoms with E-state index in [1.165, 1.54) is 0 Å². The number of aromatic nitrogens is 2. The van der Waals surface area contributed by atoms with Gasteiger partial charge in [-0.25, -0.2) is 4.98 Å². The highest BCUT2D eigenvalue weighted by molar-refractivity contribution is 5.95. The van der Waals surface area contributed by atoms with E-state index in [9.17, 15) is 4.79 Å². The quantitative estimate of drug-likeness (QED) is 0.812. The number of anilines is 1. The zero-order chi connectivity index (χ0) is 17.1. The Morgan fingerprint density at radius 2 is 2.00 bits per heavy atom. The Morgan fingerprint density at radius 3 is 2.67 bits per heavy atom. The molecule has 2 heterocycles. The van der Waals surface area contributed by atoms with Crippen molar-refractivity contribution in [2.45, 2.75) is 19.4 Å². The first-order valence-electron chi connectivity index (χ1n) is 8.17. The topological polar surface area (TPSA) is 49.3 Å². The second-order valence-electron chi connectivity index (χ2n) is 6.10. The highest BCUT2D eigenvalue weighted by atomic mass is 16.2. The fourth-order valence-electron chi connectivity index (χ4n) is 2.82. The molecule has 0 radical (unpaired) electrons. The predicted molar refractivity (Wildman–Crippen MR) is 96.1 cm³/mol. The van der Waals surface area contributed by atoms with Crippen LogP contribution < -0.4 is 4.90 Å². The third-order valence-electron chi connectivity index (χ3n) is 4.25. The largest absolute Gasteiger partial charge is 0.361 e. The van der Waals surface area contributed by atoms with Gasteiger partial charge in [0.05, 0.1) is 24.1 Å². The van der Waals surface area contributed by atoms with Crippen LogP contribution in [-0.4, -0.2) is 47.5 Å². The van der Waals surface area contributed by atoms with Gasteiger partial charge in [0.25, 0.3) is 5.91 Å². The van der Waals surface area contributed by atoms with Crippen molar-refractivity contribution in [1.29, 1.82) is 0 Å². The first kappa shape index (κ1) is 16.2. The van der Waals surface area contributed by atoms with E-state index in [4.69, 9.17) is 0 Å². The second-order valence-corrected chi connectivity index (χ2v) is 6.10. The van der Waals surface area contributed by atoms with Crippen LogP contribution in [0.1, 0.15) is 23.7 Å². The van der Waals surface area contributed by atoms with Gasteiger partial charge in [-0.3, -0.25) is 9.78 Å². The fourth-order valence-corrected chi connectivity index (χ4v) is 2.82. The summed E-state index contributed by atoms with van der Waals surface area (Å²) in [6.45, 7) is 2.79. The Hall–Kier alpha value is -2.69. The number of hydrogen-bond donors (Lipinski definition) is 0. The number of nitrogens with zero attached hydrogens (tertiary/aromatic N) is 4. The van der Waals surface area contributed by atoms with Crippen LogP contribution in [0.2, 0.25) is 0 Å². The number of amides is 1. The number of benzene rings is 1. The van der Waals surface area contributed by atoms with Crippen LogP contribution in [0.25, 0.3) is 11.3 Å². The van der Waals surface area contributed by atoms with Gasteiger partial charge in [-0.05, 0) is 18.6 Å². The summed E-state index contributed by atoms with van der Waals surface area (Å²) in [7, 11) is 3.87. The molecule has 1 aliphatic rings. The summed E-state index contributed by atoms with van der Waals surface area (Å²) in [5, 5.41) is 0. The van der Waals surface area contributed by atoms with Crippen LogP contribution >= 0.6 is 0 Å². The maximum Gasteiger partial charge on any atom is 0.254 e. The lowest BCUT2D eigenvalue weighted by atomic mass is 10.1. The molecule has 1 aromatic carbocycles. The number of rotatable bonds is 4. The van der Waals surface area contributed by atoms with Crippen molar-refractivity contribution in [3.05, 3.63) is 54.4 Å². The number of carbonyl (C=O) groups is 1. The first-order chi connectivity index (χ1) is 11.6. The summed E-state index contributed by atoms with van der Waals surface area (Å²) >= 11 is 0. The van der Waals surface area contributed by atoms with Gasteiger partial charge in [0.15, 0.2) is 0 Å².